The Morgan fingerprint density at radius 2 is 1.81 bits per heavy atom. The molecule has 2 heterocycles. The van der Waals surface area contributed by atoms with Gasteiger partial charge in [0.15, 0.2) is 17.5 Å². The molecule has 32 heavy (non-hydrogen) atoms. The molecule has 2 N–H and O–H groups in total. The topological polar surface area (TPSA) is 52.1 Å². The summed E-state index contributed by atoms with van der Waals surface area (Å²) in [5.74, 6) is 1.78. The van der Waals surface area contributed by atoms with Gasteiger partial charge in [0.2, 0.25) is 0 Å². The van der Waals surface area contributed by atoms with E-state index < -0.39 is 0 Å². The van der Waals surface area contributed by atoms with Gasteiger partial charge in [0, 0.05) is 38.8 Å². The number of methoxy groups -OCH3 is 1. The van der Waals surface area contributed by atoms with E-state index in [1.165, 1.54) is 46.0 Å². The van der Waals surface area contributed by atoms with Gasteiger partial charge in [-0.15, -0.1) is 0 Å². The second-order valence-corrected chi connectivity index (χ2v) is 9.09. The summed E-state index contributed by atoms with van der Waals surface area (Å²) >= 11 is 0. The van der Waals surface area contributed by atoms with Crippen LogP contribution in [0.4, 0.5) is 4.39 Å². The number of benzene rings is 1. The minimum absolute atomic E-state index is 0.288. The van der Waals surface area contributed by atoms with Crippen LogP contribution in [0.1, 0.15) is 51.5 Å². The van der Waals surface area contributed by atoms with Crippen molar-refractivity contribution < 1.29 is 9.13 Å². The number of hydrogen-bond donors (Lipinski definition) is 2. The lowest BCUT2D eigenvalue weighted by molar-refractivity contribution is 0.188. The third kappa shape index (κ3) is 7.62. The summed E-state index contributed by atoms with van der Waals surface area (Å²) in [6.07, 6.45) is 5.94. The molecule has 6 nitrogen and oxygen atoms in total. The largest absolute Gasteiger partial charge is 0.494 e. The standard InChI is InChI=1S/C25H42FN5O/c1-4-27-25(28-13-8-20-9-14-30(5-2)15-10-20)29-22-11-16-31(17-12-22)19-21-6-7-24(32-3)23(26)18-21/h6-7,18,20,22H,4-5,8-17,19H2,1-3H3,(H2,27,28,29). The van der Waals surface area contributed by atoms with Crippen LogP contribution in [0.3, 0.4) is 0 Å². The van der Waals surface area contributed by atoms with E-state index in [1.54, 1.807) is 12.1 Å². The zero-order chi connectivity index (χ0) is 22.8. The molecule has 2 aliphatic heterocycles. The van der Waals surface area contributed by atoms with Gasteiger partial charge < -0.3 is 20.3 Å². The van der Waals surface area contributed by atoms with Gasteiger partial charge in [-0.25, -0.2) is 4.39 Å². The zero-order valence-corrected chi connectivity index (χ0v) is 20.2. The van der Waals surface area contributed by atoms with Crippen molar-refractivity contribution in [1.29, 1.82) is 0 Å². The minimum atomic E-state index is -0.288. The van der Waals surface area contributed by atoms with E-state index in [2.05, 4.69) is 34.3 Å². The second kappa shape index (κ2) is 13.0. The molecule has 2 fully saturated rings. The molecule has 0 aromatic heterocycles. The van der Waals surface area contributed by atoms with Crippen LogP contribution in [0.5, 0.6) is 5.75 Å². The maximum absolute atomic E-state index is 14.0. The zero-order valence-electron chi connectivity index (χ0n) is 20.2. The number of halogens is 1. The number of nitrogens with one attached hydrogen (secondary N) is 2. The highest BCUT2D eigenvalue weighted by atomic mass is 19.1. The van der Waals surface area contributed by atoms with E-state index >= 15 is 0 Å². The number of ether oxygens (including phenoxy) is 1. The lowest BCUT2D eigenvalue weighted by atomic mass is 9.94. The van der Waals surface area contributed by atoms with E-state index in [0.29, 0.717) is 11.8 Å². The molecular formula is C25H42FN5O. The second-order valence-electron chi connectivity index (χ2n) is 9.09. The molecule has 1 aromatic rings. The maximum Gasteiger partial charge on any atom is 0.191 e. The van der Waals surface area contributed by atoms with Crippen molar-refractivity contribution in [2.75, 3.05) is 52.9 Å². The Morgan fingerprint density at radius 3 is 2.44 bits per heavy atom. The van der Waals surface area contributed by atoms with E-state index in [9.17, 15) is 4.39 Å². The van der Waals surface area contributed by atoms with Gasteiger partial charge in [0.1, 0.15) is 0 Å². The van der Waals surface area contributed by atoms with Crippen molar-refractivity contribution in [2.24, 2.45) is 10.9 Å². The molecule has 0 atom stereocenters. The molecule has 0 radical (unpaired) electrons. The van der Waals surface area contributed by atoms with E-state index in [-0.39, 0.29) is 5.82 Å². The van der Waals surface area contributed by atoms with Crippen molar-refractivity contribution in [3.05, 3.63) is 29.6 Å². The number of piperidine rings is 2. The van der Waals surface area contributed by atoms with Gasteiger partial charge in [-0.1, -0.05) is 13.0 Å². The Balaban J connectivity index is 1.40. The van der Waals surface area contributed by atoms with Gasteiger partial charge >= 0.3 is 0 Å². The quantitative estimate of drug-likeness (QED) is 0.448. The molecule has 0 unspecified atom stereocenters. The summed E-state index contributed by atoms with van der Waals surface area (Å²) in [5, 5.41) is 7.06. The average molecular weight is 448 g/mol. The van der Waals surface area contributed by atoms with Gasteiger partial charge in [-0.3, -0.25) is 9.89 Å². The predicted molar refractivity (Wildman–Crippen MR) is 130 cm³/mol. The lowest BCUT2D eigenvalue weighted by Gasteiger charge is -2.33. The molecule has 2 aliphatic rings. The van der Waals surface area contributed by atoms with Gasteiger partial charge in [0.25, 0.3) is 0 Å². The molecule has 180 valence electrons. The normalized spacial score (nSPS) is 19.8. The van der Waals surface area contributed by atoms with Crippen molar-refractivity contribution >= 4 is 5.96 Å². The molecule has 0 amide bonds. The van der Waals surface area contributed by atoms with Crippen LogP contribution < -0.4 is 15.4 Å². The summed E-state index contributed by atoms with van der Waals surface area (Å²) in [6.45, 7) is 12.6. The summed E-state index contributed by atoms with van der Waals surface area (Å²) in [4.78, 5) is 9.81. The maximum atomic E-state index is 14.0. The number of nitrogens with zero attached hydrogens (tertiary/aromatic N) is 3. The van der Waals surface area contributed by atoms with Crippen molar-refractivity contribution in [3.8, 4) is 5.75 Å². The number of hydrogen-bond acceptors (Lipinski definition) is 4. The fourth-order valence-electron chi connectivity index (χ4n) is 4.77. The fourth-order valence-corrected chi connectivity index (χ4v) is 4.77. The highest BCUT2D eigenvalue weighted by molar-refractivity contribution is 5.80. The SMILES string of the molecule is CCNC(=NCCC1CCN(CC)CC1)NC1CCN(Cc2ccc(OC)c(F)c2)CC1. The Labute approximate surface area is 193 Å². The molecule has 3 rings (SSSR count). The smallest absolute Gasteiger partial charge is 0.191 e. The van der Waals surface area contributed by atoms with E-state index in [4.69, 9.17) is 9.73 Å². The van der Waals surface area contributed by atoms with Crippen LogP contribution in [0, 0.1) is 11.7 Å². The van der Waals surface area contributed by atoms with Crippen molar-refractivity contribution in [2.45, 2.75) is 58.5 Å². The fraction of sp³-hybridized carbons (Fsp3) is 0.720. The van der Waals surface area contributed by atoms with Crippen LogP contribution in [-0.2, 0) is 6.54 Å². The first kappa shape index (κ1) is 24.8. The Bertz CT molecular complexity index is 712. The number of aliphatic imine (C=N–C) groups is 1. The number of likely N-dealkylation sites (tertiary alicyclic amines) is 2. The molecule has 2 saturated heterocycles. The first-order valence-electron chi connectivity index (χ1n) is 12.4. The van der Waals surface area contributed by atoms with Crippen LogP contribution in [-0.4, -0.2) is 74.7 Å². The third-order valence-electron chi connectivity index (χ3n) is 6.86. The highest BCUT2D eigenvalue weighted by Crippen LogP contribution is 2.21. The molecule has 7 heteroatoms. The molecule has 1 aromatic carbocycles. The van der Waals surface area contributed by atoms with Gasteiger partial charge in [0.05, 0.1) is 7.11 Å². The molecule has 0 saturated carbocycles. The minimum Gasteiger partial charge on any atom is -0.494 e. The Hall–Kier alpha value is -1.86. The first-order chi connectivity index (χ1) is 15.6. The Kier molecular flexibility index (Phi) is 10.1. The Morgan fingerprint density at radius 1 is 1.09 bits per heavy atom. The summed E-state index contributed by atoms with van der Waals surface area (Å²) in [7, 11) is 1.50. The molecular weight excluding hydrogens is 405 g/mol. The summed E-state index contributed by atoms with van der Waals surface area (Å²) in [5.41, 5.74) is 0.995. The van der Waals surface area contributed by atoms with Gasteiger partial charge in [-0.05, 0) is 82.3 Å². The van der Waals surface area contributed by atoms with Crippen molar-refractivity contribution in [1.82, 2.24) is 20.4 Å². The third-order valence-corrected chi connectivity index (χ3v) is 6.86. The van der Waals surface area contributed by atoms with Gasteiger partial charge in [-0.2, -0.15) is 0 Å². The van der Waals surface area contributed by atoms with Crippen LogP contribution >= 0.6 is 0 Å². The van der Waals surface area contributed by atoms with Crippen LogP contribution in [0.15, 0.2) is 23.2 Å². The summed E-state index contributed by atoms with van der Waals surface area (Å²) in [6, 6.07) is 5.69. The van der Waals surface area contributed by atoms with Crippen LogP contribution in [0.25, 0.3) is 0 Å². The molecule has 0 bridgehead atoms. The molecule has 0 aliphatic carbocycles. The summed E-state index contributed by atoms with van der Waals surface area (Å²) < 4.78 is 19.0. The molecule has 0 spiro atoms. The van der Waals surface area contributed by atoms with E-state index in [0.717, 1.165) is 63.0 Å². The first-order valence-corrected chi connectivity index (χ1v) is 12.4. The highest BCUT2D eigenvalue weighted by Gasteiger charge is 2.21. The lowest BCUT2D eigenvalue weighted by Crippen LogP contribution is -2.48. The number of rotatable bonds is 9. The average Bonchev–Trinajstić information content (AvgIpc) is 2.81. The number of guanidine groups is 1. The monoisotopic (exact) mass is 447 g/mol. The van der Waals surface area contributed by atoms with Crippen LogP contribution in [0.2, 0.25) is 0 Å². The van der Waals surface area contributed by atoms with Crippen molar-refractivity contribution in [3.63, 3.8) is 0 Å². The predicted octanol–water partition coefficient (Wildman–Crippen LogP) is 3.48. The van der Waals surface area contributed by atoms with E-state index in [1.807, 2.05) is 6.07 Å².